The zero-order chi connectivity index (χ0) is 21.5. The second-order valence-corrected chi connectivity index (χ2v) is 10.6. The van der Waals surface area contributed by atoms with E-state index in [-0.39, 0.29) is 48.4 Å². The van der Waals surface area contributed by atoms with Crippen LogP contribution in [0.15, 0.2) is 28.6 Å². The molecular weight excluding hydrogens is 464 g/mol. The van der Waals surface area contributed by atoms with E-state index in [4.69, 9.17) is 16.3 Å². The van der Waals surface area contributed by atoms with Gasteiger partial charge in [0.05, 0.1) is 11.9 Å². The topological polar surface area (TPSA) is 109 Å². The monoisotopic (exact) mass is 486 g/mol. The van der Waals surface area contributed by atoms with E-state index < -0.39 is 16.1 Å². The Balaban J connectivity index is 0.00000272. The van der Waals surface area contributed by atoms with E-state index in [1.54, 1.807) is 17.0 Å². The molecule has 0 aliphatic carbocycles. The molecule has 2 aliphatic rings. The van der Waals surface area contributed by atoms with Gasteiger partial charge in [0.1, 0.15) is 6.61 Å². The standard InChI is InChI=1S/C18H19ClN4O5S2.CH4/c1-11(24)21-17-20-9-16(29-17)30(26,27)22-7-5-12(6-8-22)23-15-4-2-3-14(19)13(15)10-28-18(23)25;/h2-4,9,12H,5-8,10H2,1H3,(H,20,21,24);1H4. The maximum atomic E-state index is 12.9. The molecule has 1 aromatic heterocycles. The fourth-order valence-corrected chi connectivity index (χ4v) is 6.54. The predicted molar refractivity (Wildman–Crippen MR) is 119 cm³/mol. The first-order valence-corrected chi connectivity index (χ1v) is 11.9. The second kappa shape index (κ2) is 9.11. The van der Waals surface area contributed by atoms with Crippen molar-refractivity contribution in [3.05, 3.63) is 35.0 Å². The average molecular weight is 487 g/mol. The molecule has 31 heavy (non-hydrogen) atoms. The highest BCUT2D eigenvalue weighted by atomic mass is 35.5. The largest absolute Gasteiger partial charge is 0.444 e. The number of rotatable bonds is 4. The van der Waals surface area contributed by atoms with E-state index in [0.717, 1.165) is 16.9 Å². The number of hydrogen-bond donors (Lipinski definition) is 1. The van der Waals surface area contributed by atoms with Gasteiger partial charge in [-0.1, -0.05) is 36.4 Å². The van der Waals surface area contributed by atoms with Crippen LogP contribution < -0.4 is 10.2 Å². The molecule has 2 amide bonds. The third-order valence-corrected chi connectivity index (χ3v) is 8.64. The van der Waals surface area contributed by atoms with Crippen molar-refractivity contribution in [2.24, 2.45) is 0 Å². The number of carbonyl (C=O) groups excluding carboxylic acids is 2. The number of benzene rings is 1. The highest BCUT2D eigenvalue weighted by molar-refractivity contribution is 7.91. The summed E-state index contributed by atoms with van der Waals surface area (Å²) in [7, 11) is -3.73. The lowest BCUT2D eigenvalue weighted by Gasteiger charge is -2.39. The highest BCUT2D eigenvalue weighted by Gasteiger charge is 2.38. The van der Waals surface area contributed by atoms with Crippen LogP contribution in [-0.2, 0) is 26.2 Å². The van der Waals surface area contributed by atoms with Gasteiger partial charge in [-0.05, 0) is 25.0 Å². The van der Waals surface area contributed by atoms with Crippen LogP contribution in [-0.4, -0.2) is 48.8 Å². The number of nitrogens with zero attached hydrogens (tertiary/aromatic N) is 3. The van der Waals surface area contributed by atoms with Gasteiger partial charge in [-0.15, -0.1) is 0 Å². The molecule has 2 aromatic rings. The van der Waals surface area contributed by atoms with Gasteiger partial charge in [-0.2, -0.15) is 4.31 Å². The maximum Gasteiger partial charge on any atom is 0.414 e. The Bertz CT molecular complexity index is 1100. The van der Waals surface area contributed by atoms with Gasteiger partial charge in [-0.25, -0.2) is 18.2 Å². The minimum Gasteiger partial charge on any atom is -0.444 e. The molecule has 2 aliphatic heterocycles. The normalized spacial score (nSPS) is 17.5. The first-order valence-electron chi connectivity index (χ1n) is 9.24. The van der Waals surface area contributed by atoms with Crippen LogP contribution in [0.4, 0.5) is 15.6 Å². The van der Waals surface area contributed by atoms with Gasteiger partial charge in [0.15, 0.2) is 9.34 Å². The van der Waals surface area contributed by atoms with E-state index in [1.807, 2.05) is 6.07 Å². The molecule has 12 heteroatoms. The third-order valence-electron chi connectivity index (χ3n) is 5.04. The van der Waals surface area contributed by atoms with Crippen molar-refractivity contribution >= 4 is 55.8 Å². The van der Waals surface area contributed by atoms with E-state index in [9.17, 15) is 18.0 Å². The zero-order valence-electron chi connectivity index (χ0n) is 16.0. The third kappa shape index (κ3) is 4.54. The Labute approximate surface area is 190 Å². The summed E-state index contributed by atoms with van der Waals surface area (Å²) in [5.41, 5.74) is 1.46. The number of hydrogen-bond acceptors (Lipinski definition) is 7. The number of cyclic esters (lactones) is 1. The Hall–Kier alpha value is -2.21. The number of halogens is 1. The summed E-state index contributed by atoms with van der Waals surface area (Å²) in [5.74, 6) is -0.317. The number of carbonyl (C=O) groups is 2. The number of sulfonamides is 1. The first kappa shape index (κ1) is 23.5. The van der Waals surface area contributed by atoms with Gasteiger partial charge in [0.2, 0.25) is 5.91 Å². The number of piperidine rings is 1. The van der Waals surface area contributed by atoms with Gasteiger partial charge in [0.25, 0.3) is 10.0 Å². The van der Waals surface area contributed by atoms with E-state index in [1.165, 1.54) is 17.4 Å². The summed E-state index contributed by atoms with van der Waals surface area (Å²) < 4.78 is 32.6. The molecular formula is C19H23ClN4O5S2. The number of amides is 2. The summed E-state index contributed by atoms with van der Waals surface area (Å²) in [4.78, 5) is 29.1. The van der Waals surface area contributed by atoms with Gasteiger partial charge in [-0.3, -0.25) is 9.69 Å². The molecule has 4 rings (SSSR count). The predicted octanol–water partition coefficient (Wildman–Crippen LogP) is 3.70. The van der Waals surface area contributed by atoms with Gasteiger partial charge < -0.3 is 10.1 Å². The fraction of sp³-hybridized carbons (Fsp3) is 0.421. The fourth-order valence-electron chi connectivity index (χ4n) is 3.62. The summed E-state index contributed by atoms with van der Waals surface area (Å²) in [6.07, 6.45) is 1.71. The molecule has 0 atom stereocenters. The van der Waals surface area contributed by atoms with Crippen molar-refractivity contribution in [1.82, 2.24) is 9.29 Å². The molecule has 0 spiro atoms. The van der Waals surface area contributed by atoms with Crippen LogP contribution in [0.3, 0.4) is 0 Å². The van der Waals surface area contributed by atoms with Crippen LogP contribution >= 0.6 is 22.9 Å². The number of anilines is 2. The van der Waals surface area contributed by atoms with Gasteiger partial charge >= 0.3 is 6.09 Å². The molecule has 0 radical (unpaired) electrons. The minimum atomic E-state index is -3.73. The van der Waals surface area contributed by atoms with Crippen molar-refractivity contribution in [3.8, 4) is 0 Å². The molecule has 1 fully saturated rings. The lowest BCUT2D eigenvalue weighted by atomic mass is 10.0. The molecule has 3 heterocycles. The van der Waals surface area contributed by atoms with Crippen molar-refractivity contribution in [1.29, 1.82) is 0 Å². The van der Waals surface area contributed by atoms with Crippen molar-refractivity contribution in [2.45, 2.75) is 44.0 Å². The zero-order valence-corrected chi connectivity index (χ0v) is 18.4. The first-order chi connectivity index (χ1) is 14.3. The number of fused-ring (bicyclic) bond motifs is 1. The number of aromatic nitrogens is 1. The smallest absolute Gasteiger partial charge is 0.414 e. The van der Waals surface area contributed by atoms with Crippen molar-refractivity contribution in [3.63, 3.8) is 0 Å². The molecule has 1 aromatic carbocycles. The van der Waals surface area contributed by atoms with E-state index >= 15 is 0 Å². The van der Waals surface area contributed by atoms with E-state index in [0.29, 0.717) is 23.6 Å². The number of nitrogens with one attached hydrogen (secondary N) is 1. The molecule has 1 N–H and O–H groups in total. The van der Waals surface area contributed by atoms with Crippen LogP contribution in [0, 0.1) is 0 Å². The lowest BCUT2D eigenvalue weighted by Crippen LogP contribution is -2.50. The lowest BCUT2D eigenvalue weighted by molar-refractivity contribution is -0.114. The summed E-state index contributed by atoms with van der Waals surface area (Å²) in [6.45, 7) is 1.96. The van der Waals surface area contributed by atoms with Crippen LogP contribution in [0.25, 0.3) is 0 Å². The average Bonchev–Trinajstić information content (AvgIpc) is 3.17. The Kier molecular flexibility index (Phi) is 6.89. The Morgan fingerprint density at radius 3 is 2.71 bits per heavy atom. The highest BCUT2D eigenvalue weighted by Crippen LogP contribution is 2.36. The molecule has 9 nitrogen and oxygen atoms in total. The minimum absolute atomic E-state index is 0. The van der Waals surface area contributed by atoms with Crippen LogP contribution in [0.1, 0.15) is 32.8 Å². The molecule has 0 bridgehead atoms. The number of thiazole rings is 1. The molecule has 0 saturated carbocycles. The molecule has 168 valence electrons. The van der Waals surface area contributed by atoms with Crippen LogP contribution in [0.2, 0.25) is 5.02 Å². The Morgan fingerprint density at radius 1 is 1.32 bits per heavy atom. The van der Waals surface area contributed by atoms with Gasteiger partial charge in [0, 0.05) is 36.6 Å². The van der Waals surface area contributed by atoms with Crippen LogP contribution in [0.5, 0.6) is 0 Å². The summed E-state index contributed by atoms with van der Waals surface area (Å²) in [6, 6.07) is 5.16. The summed E-state index contributed by atoms with van der Waals surface area (Å²) in [5, 5.41) is 3.25. The second-order valence-electron chi connectivity index (χ2n) is 6.96. The van der Waals surface area contributed by atoms with E-state index in [2.05, 4.69) is 10.3 Å². The summed E-state index contributed by atoms with van der Waals surface area (Å²) >= 11 is 7.15. The van der Waals surface area contributed by atoms with Crippen molar-refractivity contribution in [2.75, 3.05) is 23.3 Å². The number of ether oxygens (including phenoxy) is 1. The molecule has 1 saturated heterocycles. The van der Waals surface area contributed by atoms with Crippen molar-refractivity contribution < 1.29 is 22.7 Å². The Morgan fingerprint density at radius 2 is 2.03 bits per heavy atom. The molecule has 0 unspecified atom stereocenters. The maximum absolute atomic E-state index is 12.9. The SMILES string of the molecule is C.CC(=O)Nc1ncc(S(=O)(=O)N2CCC(N3C(=O)OCc4c(Cl)cccc43)CC2)s1. The quantitative estimate of drug-likeness (QED) is 0.705.